The van der Waals surface area contributed by atoms with E-state index in [0.717, 1.165) is 19.3 Å². The van der Waals surface area contributed by atoms with Crippen LogP contribution >= 0.6 is 0 Å². The highest BCUT2D eigenvalue weighted by molar-refractivity contribution is 5.36. The molecule has 0 unspecified atom stereocenters. The number of fused-ring (bicyclic) bond motifs is 1. The summed E-state index contributed by atoms with van der Waals surface area (Å²) in [7, 11) is 0. The van der Waals surface area contributed by atoms with Crippen molar-refractivity contribution in [2.75, 3.05) is 0 Å². The van der Waals surface area contributed by atoms with E-state index in [1.54, 1.807) is 5.56 Å². The standard InChI is InChI=1S/C18H23N/c19-14-18(10-3-1-2-4-11-18)13-15-8-9-16-6-5-7-17(16)12-15/h8-9,12H,1-7,10-11,13H2. The number of benzene rings is 1. The van der Waals surface area contributed by atoms with Gasteiger partial charge in [-0.25, -0.2) is 0 Å². The van der Waals surface area contributed by atoms with Crippen LogP contribution in [0.2, 0.25) is 0 Å². The van der Waals surface area contributed by atoms with Crippen molar-refractivity contribution >= 4 is 0 Å². The second-order valence-corrected chi connectivity index (χ2v) is 6.44. The first-order chi connectivity index (χ1) is 9.31. The van der Waals surface area contributed by atoms with Crippen molar-refractivity contribution < 1.29 is 0 Å². The smallest absolute Gasteiger partial charge is 0.0693 e. The van der Waals surface area contributed by atoms with Gasteiger partial charge in [0.15, 0.2) is 0 Å². The van der Waals surface area contributed by atoms with E-state index in [-0.39, 0.29) is 5.41 Å². The fourth-order valence-corrected chi connectivity index (χ4v) is 3.86. The Morgan fingerprint density at radius 1 is 0.947 bits per heavy atom. The van der Waals surface area contributed by atoms with Crippen molar-refractivity contribution in [1.82, 2.24) is 0 Å². The van der Waals surface area contributed by atoms with Crippen LogP contribution in [0.3, 0.4) is 0 Å². The number of aryl methyl sites for hydroxylation is 2. The molecular weight excluding hydrogens is 230 g/mol. The Kier molecular flexibility index (Phi) is 3.60. The molecule has 0 N–H and O–H groups in total. The molecule has 0 aromatic heterocycles. The van der Waals surface area contributed by atoms with Crippen molar-refractivity contribution in [3.63, 3.8) is 0 Å². The molecule has 0 radical (unpaired) electrons. The van der Waals surface area contributed by atoms with E-state index in [1.165, 1.54) is 56.1 Å². The zero-order valence-corrected chi connectivity index (χ0v) is 11.8. The summed E-state index contributed by atoms with van der Waals surface area (Å²) in [5.41, 5.74) is 4.39. The first kappa shape index (κ1) is 12.7. The minimum Gasteiger partial charge on any atom is -0.198 e. The highest BCUT2D eigenvalue weighted by Gasteiger charge is 2.31. The zero-order valence-electron chi connectivity index (χ0n) is 11.8. The monoisotopic (exact) mass is 253 g/mol. The van der Waals surface area contributed by atoms with Gasteiger partial charge in [-0.05, 0) is 55.2 Å². The number of nitrogens with zero attached hydrogens (tertiary/aromatic N) is 1. The maximum atomic E-state index is 9.67. The van der Waals surface area contributed by atoms with Gasteiger partial charge in [-0.1, -0.05) is 43.9 Å². The van der Waals surface area contributed by atoms with Gasteiger partial charge >= 0.3 is 0 Å². The van der Waals surface area contributed by atoms with E-state index in [0.29, 0.717) is 0 Å². The molecule has 2 aliphatic carbocycles. The number of nitriles is 1. The van der Waals surface area contributed by atoms with Gasteiger partial charge in [0.05, 0.1) is 11.5 Å². The number of rotatable bonds is 2. The van der Waals surface area contributed by atoms with Crippen molar-refractivity contribution in [3.05, 3.63) is 34.9 Å². The fourth-order valence-electron chi connectivity index (χ4n) is 3.86. The van der Waals surface area contributed by atoms with Gasteiger partial charge in [-0.2, -0.15) is 5.26 Å². The summed E-state index contributed by atoms with van der Waals surface area (Å²) in [6, 6.07) is 9.63. The predicted molar refractivity (Wildman–Crippen MR) is 77.9 cm³/mol. The molecule has 1 fully saturated rings. The molecular formula is C18H23N. The molecule has 1 nitrogen and oxygen atoms in total. The Morgan fingerprint density at radius 2 is 1.68 bits per heavy atom. The SMILES string of the molecule is N#CC1(Cc2ccc3c(c2)CCC3)CCCCCC1. The molecule has 19 heavy (non-hydrogen) atoms. The highest BCUT2D eigenvalue weighted by Crippen LogP contribution is 2.38. The third-order valence-electron chi connectivity index (χ3n) is 5.00. The van der Waals surface area contributed by atoms with Crippen molar-refractivity contribution in [1.29, 1.82) is 5.26 Å². The van der Waals surface area contributed by atoms with Crippen LogP contribution in [0.4, 0.5) is 0 Å². The minimum atomic E-state index is -0.0800. The first-order valence-electron chi connectivity index (χ1n) is 7.83. The quantitative estimate of drug-likeness (QED) is 0.708. The lowest BCUT2D eigenvalue weighted by molar-refractivity contribution is 0.339. The van der Waals surface area contributed by atoms with Crippen LogP contribution in [0.25, 0.3) is 0 Å². The molecule has 0 atom stereocenters. The summed E-state index contributed by atoms with van der Waals surface area (Å²) >= 11 is 0. The maximum absolute atomic E-state index is 9.67. The summed E-state index contributed by atoms with van der Waals surface area (Å²) in [5, 5.41) is 9.67. The van der Waals surface area contributed by atoms with Crippen LogP contribution in [0.15, 0.2) is 18.2 Å². The molecule has 0 spiro atoms. The van der Waals surface area contributed by atoms with Crippen LogP contribution in [0.1, 0.15) is 61.6 Å². The average molecular weight is 253 g/mol. The lowest BCUT2D eigenvalue weighted by Gasteiger charge is -2.25. The maximum Gasteiger partial charge on any atom is 0.0693 e. The van der Waals surface area contributed by atoms with Gasteiger partial charge in [-0.15, -0.1) is 0 Å². The second kappa shape index (κ2) is 5.37. The Hall–Kier alpha value is -1.29. The third kappa shape index (κ3) is 2.68. The largest absolute Gasteiger partial charge is 0.198 e. The topological polar surface area (TPSA) is 23.8 Å². The molecule has 0 saturated heterocycles. The number of hydrogen-bond acceptors (Lipinski definition) is 1. The third-order valence-corrected chi connectivity index (χ3v) is 5.00. The number of hydrogen-bond donors (Lipinski definition) is 0. The summed E-state index contributed by atoms with van der Waals surface area (Å²) in [4.78, 5) is 0. The second-order valence-electron chi connectivity index (χ2n) is 6.44. The molecule has 0 heterocycles. The normalized spacial score (nSPS) is 21.4. The summed E-state index contributed by atoms with van der Waals surface area (Å²) < 4.78 is 0. The molecule has 1 aromatic carbocycles. The van der Waals surface area contributed by atoms with Crippen LogP contribution in [0.5, 0.6) is 0 Å². The predicted octanol–water partition coefficient (Wildman–Crippen LogP) is 4.58. The molecule has 1 heteroatoms. The average Bonchev–Trinajstić information content (AvgIpc) is 2.77. The van der Waals surface area contributed by atoms with E-state index in [9.17, 15) is 5.26 Å². The highest BCUT2D eigenvalue weighted by atomic mass is 14.4. The van der Waals surface area contributed by atoms with Crippen LogP contribution in [0, 0.1) is 16.7 Å². The molecule has 0 bridgehead atoms. The van der Waals surface area contributed by atoms with Crippen molar-refractivity contribution in [2.45, 2.75) is 64.2 Å². The molecule has 2 aliphatic rings. The van der Waals surface area contributed by atoms with Crippen LogP contribution in [-0.4, -0.2) is 0 Å². The van der Waals surface area contributed by atoms with Crippen LogP contribution in [-0.2, 0) is 19.3 Å². The van der Waals surface area contributed by atoms with E-state index >= 15 is 0 Å². The molecule has 1 aromatic rings. The van der Waals surface area contributed by atoms with Crippen molar-refractivity contribution in [3.8, 4) is 6.07 Å². The summed E-state index contributed by atoms with van der Waals surface area (Å²) in [6.45, 7) is 0. The van der Waals surface area contributed by atoms with Crippen LogP contribution < -0.4 is 0 Å². The summed E-state index contributed by atoms with van der Waals surface area (Å²) in [5.74, 6) is 0. The van der Waals surface area contributed by atoms with Gasteiger partial charge in [0.1, 0.15) is 0 Å². The fraction of sp³-hybridized carbons (Fsp3) is 0.611. The Labute approximate surface area is 116 Å². The molecule has 0 amide bonds. The Balaban J connectivity index is 1.80. The molecule has 3 rings (SSSR count). The van der Waals surface area contributed by atoms with Gasteiger partial charge < -0.3 is 0 Å². The first-order valence-corrected chi connectivity index (χ1v) is 7.83. The molecule has 100 valence electrons. The van der Waals surface area contributed by atoms with E-state index in [4.69, 9.17) is 0 Å². The van der Waals surface area contributed by atoms with Gasteiger partial charge in [0, 0.05) is 0 Å². The van der Waals surface area contributed by atoms with Crippen molar-refractivity contribution in [2.24, 2.45) is 5.41 Å². The van der Waals surface area contributed by atoms with Gasteiger partial charge in [0.25, 0.3) is 0 Å². The molecule has 0 aliphatic heterocycles. The Morgan fingerprint density at radius 3 is 2.42 bits per heavy atom. The van der Waals surface area contributed by atoms with E-state index in [2.05, 4.69) is 24.3 Å². The minimum absolute atomic E-state index is 0.0800. The van der Waals surface area contributed by atoms with E-state index < -0.39 is 0 Å². The summed E-state index contributed by atoms with van der Waals surface area (Å²) in [6.07, 6.45) is 12.1. The Bertz CT molecular complexity index is 487. The van der Waals surface area contributed by atoms with Gasteiger partial charge in [0.2, 0.25) is 0 Å². The van der Waals surface area contributed by atoms with E-state index in [1.807, 2.05) is 0 Å². The lowest BCUT2D eigenvalue weighted by atomic mass is 9.76. The molecule has 1 saturated carbocycles. The zero-order chi connectivity index (χ0) is 13.1. The van der Waals surface area contributed by atoms with Gasteiger partial charge in [-0.3, -0.25) is 0 Å². The lowest BCUT2D eigenvalue weighted by Crippen LogP contribution is -2.21.